The molecule has 0 amide bonds. The summed E-state index contributed by atoms with van der Waals surface area (Å²) >= 11 is 0. The van der Waals surface area contributed by atoms with Crippen molar-refractivity contribution < 1.29 is 0 Å². The van der Waals surface area contributed by atoms with E-state index in [9.17, 15) is 0 Å². The average molecular weight is 290 g/mol. The smallest absolute Gasteiger partial charge is 0.0130 e. The van der Waals surface area contributed by atoms with Gasteiger partial charge in [-0.1, -0.05) is 70.2 Å². The molecule has 0 heteroatoms. The van der Waals surface area contributed by atoms with Gasteiger partial charge >= 0.3 is 0 Å². The highest BCUT2D eigenvalue weighted by Crippen LogP contribution is 2.36. The number of fused-ring (bicyclic) bond motifs is 2. The van der Waals surface area contributed by atoms with Crippen molar-refractivity contribution in [2.75, 3.05) is 0 Å². The van der Waals surface area contributed by atoms with Gasteiger partial charge in [-0.25, -0.2) is 0 Å². The van der Waals surface area contributed by atoms with Gasteiger partial charge in [0.15, 0.2) is 0 Å². The van der Waals surface area contributed by atoms with Gasteiger partial charge in [0.05, 0.1) is 0 Å². The van der Waals surface area contributed by atoms with Gasteiger partial charge < -0.3 is 0 Å². The van der Waals surface area contributed by atoms with Gasteiger partial charge in [0, 0.05) is 0 Å². The predicted octanol–water partition coefficient (Wildman–Crippen LogP) is 6.78. The van der Waals surface area contributed by atoms with Crippen LogP contribution >= 0.6 is 0 Å². The van der Waals surface area contributed by atoms with Crippen LogP contribution in [-0.4, -0.2) is 0 Å². The van der Waals surface area contributed by atoms with Crippen molar-refractivity contribution in [3.8, 4) is 0 Å². The Balaban J connectivity index is 2.21. The van der Waals surface area contributed by atoms with Crippen LogP contribution < -0.4 is 0 Å². The zero-order valence-electron chi connectivity index (χ0n) is 14.1. The molecule has 0 fully saturated rings. The lowest BCUT2D eigenvalue weighted by Crippen LogP contribution is -2.10. The second-order valence-corrected chi connectivity index (χ2v) is 7.25. The Kier molecular flexibility index (Phi) is 4.20. The molecule has 3 aromatic rings. The standard InChI is InChI=1S/C22H26/c1-15(2)12-21(16(3)4)20-11-7-10-19-13-17-8-5-6-9-18(17)14-22(19)20/h5-11,13-16,21H,12H2,1-4H3. The Bertz CT molecular complexity index is 780. The zero-order valence-corrected chi connectivity index (χ0v) is 14.1. The molecule has 0 bridgehead atoms. The number of rotatable bonds is 4. The van der Waals surface area contributed by atoms with Crippen LogP contribution in [0.15, 0.2) is 54.6 Å². The third kappa shape index (κ3) is 2.88. The normalized spacial score (nSPS) is 13.4. The van der Waals surface area contributed by atoms with Crippen LogP contribution in [-0.2, 0) is 0 Å². The fraction of sp³-hybridized carbons (Fsp3) is 0.364. The first kappa shape index (κ1) is 15.1. The fourth-order valence-corrected chi connectivity index (χ4v) is 3.58. The second-order valence-electron chi connectivity index (χ2n) is 7.25. The van der Waals surface area contributed by atoms with Crippen LogP contribution in [0.4, 0.5) is 0 Å². The summed E-state index contributed by atoms with van der Waals surface area (Å²) in [6, 6.07) is 20.2. The van der Waals surface area contributed by atoms with Crippen LogP contribution in [0.3, 0.4) is 0 Å². The summed E-state index contributed by atoms with van der Waals surface area (Å²) < 4.78 is 0. The highest BCUT2D eigenvalue weighted by molar-refractivity contribution is 5.99. The summed E-state index contributed by atoms with van der Waals surface area (Å²) in [5, 5.41) is 5.47. The quantitative estimate of drug-likeness (QED) is 0.465. The van der Waals surface area contributed by atoms with Gasteiger partial charge in [0.1, 0.15) is 0 Å². The molecule has 0 saturated heterocycles. The summed E-state index contributed by atoms with van der Waals surface area (Å²) in [5.41, 5.74) is 1.52. The van der Waals surface area contributed by atoms with Gasteiger partial charge in [-0.15, -0.1) is 0 Å². The minimum Gasteiger partial charge on any atom is -0.0628 e. The Morgan fingerprint density at radius 2 is 1.36 bits per heavy atom. The summed E-state index contributed by atoms with van der Waals surface area (Å²) in [6.45, 7) is 9.37. The topological polar surface area (TPSA) is 0 Å². The molecule has 0 saturated carbocycles. The molecular formula is C22H26. The fourth-order valence-electron chi connectivity index (χ4n) is 3.58. The molecule has 0 N–H and O–H groups in total. The third-order valence-electron chi connectivity index (χ3n) is 4.71. The van der Waals surface area contributed by atoms with E-state index in [-0.39, 0.29) is 0 Å². The lowest BCUT2D eigenvalue weighted by molar-refractivity contribution is 0.410. The molecule has 0 aliphatic rings. The lowest BCUT2D eigenvalue weighted by atomic mass is 9.80. The van der Waals surface area contributed by atoms with Gasteiger partial charge in [0.2, 0.25) is 0 Å². The molecule has 0 heterocycles. The predicted molar refractivity (Wildman–Crippen MR) is 98.5 cm³/mol. The van der Waals surface area contributed by atoms with E-state index in [4.69, 9.17) is 0 Å². The van der Waals surface area contributed by atoms with Crippen molar-refractivity contribution in [2.45, 2.75) is 40.0 Å². The molecule has 1 unspecified atom stereocenters. The lowest BCUT2D eigenvalue weighted by Gasteiger charge is -2.25. The monoisotopic (exact) mass is 290 g/mol. The van der Waals surface area contributed by atoms with Crippen LogP contribution in [0.25, 0.3) is 21.5 Å². The van der Waals surface area contributed by atoms with E-state index in [0.29, 0.717) is 11.8 Å². The Hall–Kier alpha value is -1.82. The maximum Gasteiger partial charge on any atom is -0.0130 e. The summed E-state index contributed by atoms with van der Waals surface area (Å²) in [4.78, 5) is 0. The summed E-state index contributed by atoms with van der Waals surface area (Å²) in [7, 11) is 0. The maximum absolute atomic E-state index is 2.38. The number of hydrogen-bond donors (Lipinski definition) is 0. The Morgan fingerprint density at radius 1 is 0.727 bits per heavy atom. The number of hydrogen-bond acceptors (Lipinski definition) is 0. The molecule has 0 aliphatic heterocycles. The molecule has 0 spiro atoms. The minimum atomic E-state index is 0.630. The summed E-state index contributed by atoms with van der Waals surface area (Å²) in [5.74, 6) is 2.02. The zero-order chi connectivity index (χ0) is 15.7. The van der Waals surface area contributed by atoms with E-state index in [1.54, 1.807) is 0 Å². The largest absolute Gasteiger partial charge is 0.0628 e. The van der Waals surface area contributed by atoms with E-state index < -0.39 is 0 Å². The SMILES string of the molecule is CC(C)CC(c1cccc2cc3ccccc3cc12)C(C)C. The Labute approximate surface area is 134 Å². The van der Waals surface area contributed by atoms with E-state index in [2.05, 4.69) is 82.3 Å². The molecule has 22 heavy (non-hydrogen) atoms. The molecule has 3 rings (SSSR count). The molecule has 0 aromatic heterocycles. The molecule has 0 aliphatic carbocycles. The van der Waals surface area contributed by atoms with Gasteiger partial charge in [-0.3, -0.25) is 0 Å². The van der Waals surface area contributed by atoms with Crippen molar-refractivity contribution >= 4 is 21.5 Å². The van der Waals surface area contributed by atoms with Gasteiger partial charge in [-0.05, 0) is 63.4 Å². The van der Waals surface area contributed by atoms with E-state index in [1.807, 2.05) is 0 Å². The first-order valence-electron chi connectivity index (χ1n) is 8.47. The van der Waals surface area contributed by atoms with Crippen molar-refractivity contribution in [2.24, 2.45) is 11.8 Å². The highest BCUT2D eigenvalue weighted by atomic mass is 14.2. The maximum atomic E-state index is 2.38. The van der Waals surface area contributed by atoms with E-state index in [0.717, 1.165) is 5.92 Å². The summed E-state index contributed by atoms with van der Waals surface area (Å²) in [6.07, 6.45) is 1.25. The van der Waals surface area contributed by atoms with E-state index >= 15 is 0 Å². The first-order chi connectivity index (χ1) is 10.6. The van der Waals surface area contributed by atoms with Crippen molar-refractivity contribution in [3.63, 3.8) is 0 Å². The molecule has 3 aromatic carbocycles. The van der Waals surface area contributed by atoms with Crippen molar-refractivity contribution in [1.82, 2.24) is 0 Å². The van der Waals surface area contributed by atoms with Crippen LogP contribution in [0, 0.1) is 11.8 Å². The average Bonchev–Trinajstić information content (AvgIpc) is 2.49. The van der Waals surface area contributed by atoms with E-state index in [1.165, 1.54) is 33.5 Å². The third-order valence-corrected chi connectivity index (χ3v) is 4.71. The van der Waals surface area contributed by atoms with Gasteiger partial charge in [-0.2, -0.15) is 0 Å². The van der Waals surface area contributed by atoms with Gasteiger partial charge in [0.25, 0.3) is 0 Å². The minimum absolute atomic E-state index is 0.630. The molecule has 0 nitrogen and oxygen atoms in total. The van der Waals surface area contributed by atoms with Crippen LogP contribution in [0.2, 0.25) is 0 Å². The second kappa shape index (κ2) is 6.12. The number of benzene rings is 3. The molecule has 1 atom stereocenters. The van der Waals surface area contributed by atoms with Crippen LogP contribution in [0.1, 0.15) is 45.6 Å². The highest BCUT2D eigenvalue weighted by Gasteiger charge is 2.19. The van der Waals surface area contributed by atoms with Crippen molar-refractivity contribution in [3.05, 3.63) is 60.2 Å². The molecule has 114 valence electrons. The van der Waals surface area contributed by atoms with Crippen LogP contribution in [0.5, 0.6) is 0 Å². The first-order valence-corrected chi connectivity index (χ1v) is 8.47. The Morgan fingerprint density at radius 3 is 2.00 bits per heavy atom. The molecular weight excluding hydrogens is 264 g/mol. The van der Waals surface area contributed by atoms with Crippen molar-refractivity contribution in [1.29, 1.82) is 0 Å². The molecule has 0 radical (unpaired) electrons.